The van der Waals surface area contributed by atoms with Gasteiger partial charge in [-0.05, 0) is 0 Å². The maximum absolute atomic E-state index is 10.9. The number of aromatic carboxylic acids is 1. The number of hydrogen-bond donors (Lipinski definition) is 1. The summed E-state index contributed by atoms with van der Waals surface area (Å²) in [6.45, 7) is -0.212. The van der Waals surface area contributed by atoms with Crippen LogP contribution in [0.2, 0.25) is 0 Å². The number of nitrogens with zero attached hydrogens (tertiary/aromatic N) is 1. The van der Waals surface area contributed by atoms with Gasteiger partial charge in [-0.15, -0.1) is 0 Å². The van der Waals surface area contributed by atoms with Gasteiger partial charge in [0.05, 0.1) is 16.6 Å². The van der Waals surface area contributed by atoms with Gasteiger partial charge < -0.3 is 14.6 Å². The van der Waals surface area contributed by atoms with E-state index in [-0.39, 0.29) is 30.1 Å². The molecule has 0 atom stereocenters. The lowest BCUT2D eigenvalue weighted by Crippen LogP contribution is -2.07. The van der Waals surface area contributed by atoms with Crippen LogP contribution in [-0.4, -0.2) is 29.1 Å². The van der Waals surface area contributed by atoms with E-state index in [1.165, 1.54) is 0 Å². The van der Waals surface area contributed by atoms with Crippen LogP contribution in [-0.2, 0) is 0 Å². The molecule has 0 fully saturated rings. The lowest BCUT2D eigenvalue weighted by atomic mass is 10.0. The van der Waals surface area contributed by atoms with Crippen molar-refractivity contribution < 1.29 is 29.1 Å². The van der Waals surface area contributed by atoms with E-state index in [1.54, 1.807) is 0 Å². The minimum absolute atomic E-state index is 0.0104. The van der Waals surface area contributed by atoms with Gasteiger partial charge in [-0.2, -0.15) is 0 Å². The lowest BCUT2D eigenvalue weighted by molar-refractivity contribution is -0.385. The van der Waals surface area contributed by atoms with Crippen LogP contribution in [0.25, 0.3) is 0 Å². The first kappa shape index (κ1) is 10.9. The first-order chi connectivity index (χ1) is 8.06. The molecular weight excluding hydrogens is 234 g/mol. The molecule has 0 saturated carbocycles. The predicted octanol–water partition coefficient (Wildman–Crippen LogP) is 0.834. The smallest absolute Gasteiger partial charge is 0.343 e. The van der Waals surface area contributed by atoms with Crippen molar-refractivity contribution in [3.63, 3.8) is 0 Å². The molecule has 0 radical (unpaired) electrons. The van der Waals surface area contributed by atoms with Crippen LogP contribution in [0.1, 0.15) is 20.7 Å². The Morgan fingerprint density at radius 1 is 1.53 bits per heavy atom. The molecule has 88 valence electrons. The summed E-state index contributed by atoms with van der Waals surface area (Å²) in [5, 5.41) is 19.6. The van der Waals surface area contributed by atoms with Crippen LogP contribution >= 0.6 is 0 Å². The van der Waals surface area contributed by atoms with Gasteiger partial charge in [-0.25, -0.2) is 4.79 Å². The molecule has 1 aliphatic rings. The number of hydrogen-bond acceptors (Lipinski definition) is 6. The van der Waals surface area contributed by atoms with E-state index in [0.717, 1.165) is 6.07 Å². The summed E-state index contributed by atoms with van der Waals surface area (Å²) >= 11 is 0. The number of carbonyl (C=O) groups excluding carboxylic acids is 1. The van der Waals surface area contributed by atoms with Crippen LogP contribution in [0.3, 0.4) is 0 Å². The molecule has 1 aromatic rings. The fourth-order valence-electron chi connectivity index (χ4n) is 1.54. The SMILES string of the molecule is O=Cc1c2c(cc([N+](=O)[O-])c1C(=O)O)OCO2. The fourth-order valence-corrected chi connectivity index (χ4v) is 1.54. The first-order valence-corrected chi connectivity index (χ1v) is 4.35. The molecule has 0 aromatic heterocycles. The second-order valence-corrected chi connectivity index (χ2v) is 3.10. The maximum Gasteiger partial charge on any atom is 0.343 e. The first-order valence-electron chi connectivity index (χ1n) is 4.35. The lowest BCUT2D eigenvalue weighted by Gasteiger charge is -2.04. The molecule has 0 amide bonds. The zero-order valence-electron chi connectivity index (χ0n) is 8.21. The van der Waals surface area contributed by atoms with Crippen molar-refractivity contribution in [2.24, 2.45) is 0 Å². The molecule has 1 N–H and O–H groups in total. The second-order valence-electron chi connectivity index (χ2n) is 3.10. The third-order valence-corrected chi connectivity index (χ3v) is 2.21. The zero-order chi connectivity index (χ0) is 12.6. The Labute approximate surface area is 93.5 Å². The molecule has 0 aliphatic carbocycles. The molecule has 0 saturated heterocycles. The van der Waals surface area contributed by atoms with Crippen molar-refractivity contribution in [2.75, 3.05) is 6.79 Å². The molecule has 1 aromatic carbocycles. The normalized spacial score (nSPS) is 12.2. The fraction of sp³-hybridized carbons (Fsp3) is 0.111. The molecule has 0 spiro atoms. The van der Waals surface area contributed by atoms with Crippen LogP contribution < -0.4 is 9.47 Å². The Morgan fingerprint density at radius 3 is 2.76 bits per heavy atom. The molecule has 1 heterocycles. The minimum atomic E-state index is -1.57. The number of rotatable bonds is 3. The van der Waals surface area contributed by atoms with Crippen LogP contribution in [0, 0.1) is 10.1 Å². The van der Waals surface area contributed by atoms with Gasteiger partial charge in [0.1, 0.15) is 0 Å². The highest BCUT2D eigenvalue weighted by Gasteiger charge is 2.32. The molecule has 8 nitrogen and oxygen atoms in total. The number of aldehydes is 1. The molecule has 2 rings (SSSR count). The molecule has 0 unspecified atom stereocenters. The predicted molar refractivity (Wildman–Crippen MR) is 51.6 cm³/mol. The average molecular weight is 239 g/mol. The summed E-state index contributed by atoms with van der Waals surface area (Å²) in [6, 6.07) is 0.929. The van der Waals surface area contributed by atoms with Crippen molar-refractivity contribution >= 4 is 17.9 Å². The summed E-state index contributed by atoms with van der Waals surface area (Å²) in [7, 11) is 0. The third kappa shape index (κ3) is 1.55. The van der Waals surface area contributed by atoms with Gasteiger partial charge in [-0.1, -0.05) is 0 Å². The number of carbonyl (C=O) groups is 2. The summed E-state index contributed by atoms with van der Waals surface area (Å²) in [6.07, 6.45) is 0.198. The monoisotopic (exact) mass is 239 g/mol. The summed E-state index contributed by atoms with van der Waals surface area (Å²) in [5.74, 6) is -1.66. The number of nitro groups is 1. The van der Waals surface area contributed by atoms with Gasteiger partial charge in [0, 0.05) is 0 Å². The Morgan fingerprint density at radius 2 is 2.24 bits per heavy atom. The van der Waals surface area contributed by atoms with Gasteiger partial charge in [0.2, 0.25) is 6.79 Å². The second kappa shape index (κ2) is 3.74. The van der Waals surface area contributed by atoms with Crippen LogP contribution in [0.5, 0.6) is 11.5 Å². The van der Waals surface area contributed by atoms with E-state index in [0.29, 0.717) is 0 Å². The Bertz CT molecular complexity index is 537. The molecule has 0 bridgehead atoms. The number of ether oxygens (including phenoxy) is 2. The Hall–Kier alpha value is -2.64. The standard InChI is InChI=1S/C9H5NO7/c11-2-4-7(9(12)13)5(10(14)15)1-6-8(4)17-3-16-6/h1-2H,3H2,(H,12,13). The van der Waals surface area contributed by atoms with Gasteiger partial charge >= 0.3 is 5.97 Å². The van der Waals surface area contributed by atoms with Crippen LogP contribution in [0.15, 0.2) is 6.07 Å². The highest BCUT2D eigenvalue weighted by atomic mass is 16.7. The molecule has 8 heteroatoms. The zero-order valence-corrected chi connectivity index (χ0v) is 8.21. The minimum Gasteiger partial charge on any atom is -0.477 e. The van der Waals surface area contributed by atoms with Crippen LogP contribution in [0.4, 0.5) is 5.69 Å². The summed E-state index contributed by atoms with van der Waals surface area (Å²) in [5.41, 5.74) is -1.79. The number of carboxylic acids is 1. The van der Waals surface area contributed by atoms with Gasteiger partial charge in [0.15, 0.2) is 23.3 Å². The van der Waals surface area contributed by atoms with E-state index in [2.05, 4.69) is 0 Å². The van der Waals surface area contributed by atoms with Gasteiger partial charge in [-0.3, -0.25) is 14.9 Å². The molecule has 17 heavy (non-hydrogen) atoms. The van der Waals surface area contributed by atoms with Crippen molar-refractivity contribution in [3.8, 4) is 11.5 Å². The van der Waals surface area contributed by atoms with E-state index in [9.17, 15) is 19.7 Å². The number of carboxylic acid groups (broad SMARTS) is 1. The summed E-state index contributed by atoms with van der Waals surface area (Å²) in [4.78, 5) is 31.6. The van der Waals surface area contributed by atoms with Crippen molar-refractivity contribution in [1.82, 2.24) is 0 Å². The van der Waals surface area contributed by atoms with E-state index >= 15 is 0 Å². The maximum atomic E-state index is 10.9. The number of nitro benzene ring substituents is 1. The van der Waals surface area contributed by atoms with Crippen molar-refractivity contribution in [3.05, 3.63) is 27.3 Å². The van der Waals surface area contributed by atoms with E-state index in [4.69, 9.17) is 14.6 Å². The quantitative estimate of drug-likeness (QED) is 0.471. The molecule has 1 aliphatic heterocycles. The third-order valence-electron chi connectivity index (χ3n) is 2.21. The number of benzene rings is 1. The van der Waals surface area contributed by atoms with E-state index < -0.39 is 22.1 Å². The highest BCUT2D eigenvalue weighted by molar-refractivity contribution is 6.03. The Balaban J connectivity index is 2.82. The Kier molecular flexibility index (Phi) is 2.39. The van der Waals surface area contributed by atoms with Gasteiger partial charge in [0.25, 0.3) is 5.69 Å². The van der Waals surface area contributed by atoms with Crippen molar-refractivity contribution in [2.45, 2.75) is 0 Å². The topological polar surface area (TPSA) is 116 Å². The highest BCUT2D eigenvalue weighted by Crippen LogP contribution is 2.41. The average Bonchev–Trinajstić information content (AvgIpc) is 2.73. The van der Waals surface area contributed by atoms with Crippen molar-refractivity contribution in [1.29, 1.82) is 0 Å². The number of fused-ring (bicyclic) bond motifs is 1. The largest absolute Gasteiger partial charge is 0.477 e. The van der Waals surface area contributed by atoms with E-state index in [1.807, 2.05) is 0 Å². The summed E-state index contributed by atoms with van der Waals surface area (Å²) < 4.78 is 9.79. The molecular formula is C9H5NO7.